The van der Waals surface area contributed by atoms with E-state index in [1.165, 1.54) is 12.1 Å². The van der Waals surface area contributed by atoms with Crippen molar-refractivity contribution >= 4 is 22.2 Å². The Labute approximate surface area is 164 Å². The largest absolute Gasteiger partial charge is 0.358 e. The third kappa shape index (κ3) is 2.65. The van der Waals surface area contributed by atoms with Crippen LogP contribution >= 0.6 is 0 Å². The fraction of sp³-hybridized carbons (Fsp3) is 0.240. The van der Waals surface area contributed by atoms with E-state index in [0.29, 0.717) is 6.42 Å². The molecule has 0 saturated heterocycles. The number of allylic oxidation sites excluding steroid dienone is 2. The summed E-state index contributed by atoms with van der Waals surface area (Å²) in [5, 5.41) is 5.94. The number of rotatable bonds is 1. The summed E-state index contributed by atoms with van der Waals surface area (Å²) in [6, 6.07) is 19.1. The molecule has 3 aromatic carbocycles. The van der Waals surface area contributed by atoms with Crippen molar-refractivity contribution in [3.8, 4) is 0 Å². The Bertz CT molecular complexity index is 1140. The van der Waals surface area contributed by atoms with Gasteiger partial charge in [-0.2, -0.15) is 0 Å². The van der Waals surface area contributed by atoms with Crippen molar-refractivity contribution in [2.45, 2.75) is 32.6 Å². The van der Waals surface area contributed by atoms with Gasteiger partial charge in [0.2, 0.25) is 0 Å². The summed E-state index contributed by atoms with van der Waals surface area (Å²) in [6.07, 6.45) is 1.36. The smallest absolute Gasteiger partial charge is 0.162 e. The van der Waals surface area contributed by atoms with Gasteiger partial charge < -0.3 is 5.32 Å². The molecule has 0 bridgehead atoms. The zero-order valence-electron chi connectivity index (χ0n) is 16.1. The molecule has 0 spiro atoms. The second-order valence-corrected chi connectivity index (χ2v) is 8.69. The van der Waals surface area contributed by atoms with E-state index in [1.54, 1.807) is 0 Å². The zero-order chi connectivity index (χ0) is 19.5. The Morgan fingerprint density at radius 3 is 2.50 bits per heavy atom. The van der Waals surface area contributed by atoms with Gasteiger partial charge in [0.05, 0.1) is 5.69 Å². The molecule has 1 atom stereocenters. The monoisotopic (exact) mass is 371 g/mol. The highest BCUT2D eigenvalue weighted by atomic mass is 19.1. The number of benzene rings is 3. The molecule has 0 amide bonds. The van der Waals surface area contributed by atoms with Crippen LogP contribution in [0.15, 0.2) is 71.9 Å². The van der Waals surface area contributed by atoms with Crippen LogP contribution in [0.5, 0.6) is 0 Å². The van der Waals surface area contributed by atoms with Crippen LogP contribution in [0.1, 0.15) is 43.7 Å². The van der Waals surface area contributed by atoms with E-state index in [1.807, 2.05) is 24.3 Å². The van der Waals surface area contributed by atoms with Gasteiger partial charge >= 0.3 is 0 Å². The number of Topliss-reactive ketones (excluding diaryl/α,β-unsaturated/α-hetero) is 1. The molecule has 0 radical (unpaired) electrons. The molecule has 3 heteroatoms. The van der Waals surface area contributed by atoms with Gasteiger partial charge in [0.1, 0.15) is 5.82 Å². The van der Waals surface area contributed by atoms with Crippen LogP contribution in [0.2, 0.25) is 0 Å². The average molecular weight is 371 g/mol. The molecular weight excluding hydrogens is 349 g/mol. The van der Waals surface area contributed by atoms with Crippen molar-refractivity contribution in [2.24, 2.45) is 5.41 Å². The third-order valence-electron chi connectivity index (χ3n) is 5.96. The maximum atomic E-state index is 13.6. The summed E-state index contributed by atoms with van der Waals surface area (Å²) in [7, 11) is 0. The Hall–Kier alpha value is -2.94. The van der Waals surface area contributed by atoms with E-state index < -0.39 is 0 Å². The summed E-state index contributed by atoms with van der Waals surface area (Å²) in [5.74, 6) is -0.242. The minimum Gasteiger partial charge on any atom is -0.358 e. The number of ketones is 1. The lowest BCUT2D eigenvalue weighted by molar-refractivity contribution is -0.118. The number of carbonyl (C=O) groups excluding carboxylic acids is 1. The molecule has 1 unspecified atom stereocenters. The predicted octanol–water partition coefficient (Wildman–Crippen LogP) is 6.18. The normalized spacial score (nSPS) is 20.5. The second-order valence-electron chi connectivity index (χ2n) is 8.69. The van der Waals surface area contributed by atoms with Gasteiger partial charge in [-0.05, 0) is 40.5 Å². The van der Waals surface area contributed by atoms with E-state index in [9.17, 15) is 9.18 Å². The molecule has 5 rings (SSSR count). The van der Waals surface area contributed by atoms with Crippen LogP contribution in [-0.4, -0.2) is 5.78 Å². The number of hydrogen-bond donors (Lipinski definition) is 1. The summed E-state index contributed by atoms with van der Waals surface area (Å²) in [5.41, 5.74) is 4.89. The molecule has 3 aromatic rings. The van der Waals surface area contributed by atoms with Crippen LogP contribution in [0.25, 0.3) is 10.8 Å². The molecular formula is C25H22FNO. The van der Waals surface area contributed by atoms with Crippen molar-refractivity contribution in [3.05, 3.63) is 88.9 Å². The van der Waals surface area contributed by atoms with Gasteiger partial charge in [-0.3, -0.25) is 4.79 Å². The molecule has 1 heterocycles. The first-order valence-electron chi connectivity index (χ1n) is 9.73. The first-order chi connectivity index (χ1) is 13.4. The van der Waals surface area contributed by atoms with Crippen molar-refractivity contribution in [2.75, 3.05) is 5.32 Å². The number of hydrogen-bond acceptors (Lipinski definition) is 2. The fourth-order valence-corrected chi connectivity index (χ4v) is 4.76. The maximum absolute atomic E-state index is 13.6. The maximum Gasteiger partial charge on any atom is 0.162 e. The standard InChI is InChI=1S/C25H22FNO/c1-25(2)13-20-23(21(28)14-25)22(16-7-10-17(26)11-8-16)19-12-9-15-5-3-4-6-18(15)24(19)27-20/h3-12,22,27H,13-14H2,1-2H3. The van der Waals surface area contributed by atoms with Crippen molar-refractivity contribution in [3.63, 3.8) is 0 Å². The van der Waals surface area contributed by atoms with Gasteiger partial charge in [-0.1, -0.05) is 62.4 Å². The summed E-state index contributed by atoms with van der Waals surface area (Å²) >= 11 is 0. The van der Waals surface area contributed by atoms with E-state index in [0.717, 1.165) is 45.3 Å². The molecule has 140 valence electrons. The summed E-state index contributed by atoms with van der Waals surface area (Å²) < 4.78 is 13.6. The Balaban J connectivity index is 1.79. The van der Waals surface area contributed by atoms with Gasteiger partial charge in [-0.25, -0.2) is 4.39 Å². The second kappa shape index (κ2) is 6.03. The number of halogens is 1. The van der Waals surface area contributed by atoms with Crippen LogP contribution < -0.4 is 5.32 Å². The molecule has 0 fully saturated rings. The number of fused-ring (bicyclic) bond motifs is 3. The molecule has 1 aliphatic heterocycles. The number of nitrogens with one attached hydrogen (secondary N) is 1. The Morgan fingerprint density at radius 1 is 0.964 bits per heavy atom. The first kappa shape index (κ1) is 17.2. The molecule has 0 saturated carbocycles. The molecule has 28 heavy (non-hydrogen) atoms. The van der Waals surface area contributed by atoms with Gasteiger partial charge in [-0.15, -0.1) is 0 Å². The topological polar surface area (TPSA) is 29.1 Å². The highest BCUT2D eigenvalue weighted by molar-refractivity contribution is 6.05. The Kier molecular flexibility index (Phi) is 3.70. The highest BCUT2D eigenvalue weighted by Crippen LogP contribution is 2.50. The van der Waals surface area contributed by atoms with E-state index in [-0.39, 0.29) is 22.9 Å². The molecule has 1 aliphatic carbocycles. The molecule has 2 aliphatic rings. The van der Waals surface area contributed by atoms with Crippen molar-refractivity contribution < 1.29 is 9.18 Å². The lowest BCUT2D eigenvalue weighted by Crippen LogP contribution is -2.33. The third-order valence-corrected chi connectivity index (χ3v) is 5.96. The lowest BCUT2D eigenvalue weighted by Gasteiger charge is -2.40. The predicted molar refractivity (Wildman–Crippen MR) is 111 cm³/mol. The lowest BCUT2D eigenvalue weighted by atomic mass is 9.68. The zero-order valence-corrected chi connectivity index (χ0v) is 16.1. The van der Waals surface area contributed by atoms with E-state index in [4.69, 9.17) is 0 Å². The minimum absolute atomic E-state index is 0.0711. The summed E-state index contributed by atoms with van der Waals surface area (Å²) in [6.45, 7) is 4.28. The van der Waals surface area contributed by atoms with Crippen LogP contribution in [0.4, 0.5) is 10.1 Å². The van der Waals surface area contributed by atoms with Gasteiger partial charge in [0, 0.05) is 29.0 Å². The van der Waals surface area contributed by atoms with Gasteiger partial charge in [0.25, 0.3) is 0 Å². The summed E-state index contributed by atoms with van der Waals surface area (Å²) in [4.78, 5) is 13.2. The minimum atomic E-state index is -0.262. The molecule has 1 N–H and O–H groups in total. The van der Waals surface area contributed by atoms with Crippen molar-refractivity contribution in [1.29, 1.82) is 0 Å². The number of anilines is 1. The van der Waals surface area contributed by atoms with Gasteiger partial charge in [0.15, 0.2) is 5.78 Å². The average Bonchev–Trinajstić information content (AvgIpc) is 2.66. The number of carbonyl (C=O) groups is 1. The Morgan fingerprint density at radius 2 is 1.71 bits per heavy atom. The fourth-order valence-electron chi connectivity index (χ4n) is 4.76. The SMILES string of the molecule is CC1(C)CC(=O)C2=C(C1)Nc1c(ccc3ccccc13)C2c1ccc(F)cc1. The molecule has 2 nitrogen and oxygen atoms in total. The van der Waals surface area contributed by atoms with E-state index >= 15 is 0 Å². The first-order valence-corrected chi connectivity index (χ1v) is 9.73. The quantitative estimate of drug-likeness (QED) is 0.553. The van der Waals surface area contributed by atoms with Crippen LogP contribution in [0, 0.1) is 11.2 Å². The van der Waals surface area contributed by atoms with Crippen molar-refractivity contribution in [1.82, 2.24) is 0 Å². The van der Waals surface area contributed by atoms with Crippen LogP contribution in [-0.2, 0) is 4.79 Å². The van der Waals surface area contributed by atoms with Crippen LogP contribution in [0.3, 0.4) is 0 Å². The highest BCUT2D eigenvalue weighted by Gasteiger charge is 2.40. The molecule has 0 aromatic heterocycles. The van der Waals surface area contributed by atoms with E-state index in [2.05, 4.69) is 43.4 Å².